The third-order valence-corrected chi connectivity index (χ3v) is 4.00. The Hall–Kier alpha value is -2.21. The molecule has 2 atom stereocenters. The molecular formula is C15H19N5O. The van der Waals surface area contributed by atoms with Gasteiger partial charge in [-0.05, 0) is 49.7 Å². The van der Waals surface area contributed by atoms with E-state index in [1.54, 1.807) is 17.2 Å². The van der Waals surface area contributed by atoms with Crippen LogP contribution in [0.5, 0.6) is 0 Å². The predicted octanol–water partition coefficient (Wildman–Crippen LogP) is 1.45. The van der Waals surface area contributed by atoms with Crippen LogP contribution in [0.2, 0.25) is 0 Å². The van der Waals surface area contributed by atoms with Crippen molar-refractivity contribution in [3.8, 4) is 5.69 Å². The van der Waals surface area contributed by atoms with Crippen molar-refractivity contribution >= 4 is 11.6 Å². The normalized spacial score (nSPS) is 19.4. The number of nitrogens with zero attached hydrogens (tertiary/aromatic N) is 3. The molecule has 6 nitrogen and oxygen atoms in total. The van der Waals surface area contributed by atoms with Gasteiger partial charge in [-0.25, -0.2) is 0 Å². The molecule has 2 unspecified atom stereocenters. The Kier molecular flexibility index (Phi) is 3.96. The Morgan fingerprint density at radius 2 is 2.05 bits per heavy atom. The zero-order valence-corrected chi connectivity index (χ0v) is 12.0. The number of aromatic nitrogens is 3. The molecule has 1 saturated heterocycles. The highest BCUT2D eigenvalue weighted by Crippen LogP contribution is 2.21. The maximum Gasteiger partial charge on any atom is 0.227 e. The van der Waals surface area contributed by atoms with Crippen molar-refractivity contribution < 1.29 is 4.79 Å². The van der Waals surface area contributed by atoms with Gasteiger partial charge < -0.3 is 10.6 Å². The van der Waals surface area contributed by atoms with Gasteiger partial charge in [0.05, 0.1) is 18.1 Å². The molecule has 0 radical (unpaired) electrons. The zero-order valence-electron chi connectivity index (χ0n) is 12.0. The number of amides is 1. The second-order valence-corrected chi connectivity index (χ2v) is 5.40. The van der Waals surface area contributed by atoms with E-state index >= 15 is 0 Å². The number of carbonyl (C=O) groups is 1. The first kappa shape index (κ1) is 13.8. The van der Waals surface area contributed by atoms with Crippen LogP contribution in [0.15, 0.2) is 36.7 Å². The van der Waals surface area contributed by atoms with Crippen LogP contribution in [-0.2, 0) is 4.79 Å². The largest absolute Gasteiger partial charge is 0.326 e. The van der Waals surface area contributed by atoms with Gasteiger partial charge in [-0.2, -0.15) is 15.0 Å². The molecular weight excluding hydrogens is 266 g/mol. The van der Waals surface area contributed by atoms with Crippen LogP contribution in [0.3, 0.4) is 0 Å². The number of hydrogen-bond acceptors (Lipinski definition) is 4. The summed E-state index contributed by atoms with van der Waals surface area (Å²) in [6, 6.07) is 7.52. The van der Waals surface area contributed by atoms with Gasteiger partial charge in [-0.15, -0.1) is 0 Å². The van der Waals surface area contributed by atoms with Gasteiger partial charge >= 0.3 is 0 Å². The number of carbonyl (C=O) groups excluding carboxylic acids is 1. The summed E-state index contributed by atoms with van der Waals surface area (Å²) in [5.41, 5.74) is 1.67. The minimum absolute atomic E-state index is 0.0208. The minimum atomic E-state index is 0.0208. The van der Waals surface area contributed by atoms with Crippen molar-refractivity contribution in [3.63, 3.8) is 0 Å². The van der Waals surface area contributed by atoms with Crippen LogP contribution < -0.4 is 10.6 Å². The Balaban J connectivity index is 1.63. The molecule has 1 aliphatic rings. The van der Waals surface area contributed by atoms with Crippen molar-refractivity contribution in [1.29, 1.82) is 0 Å². The summed E-state index contributed by atoms with van der Waals surface area (Å²) in [6.45, 7) is 3.93. The highest BCUT2D eigenvalue weighted by Gasteiger charge is 2.26. The fourth-order valence-corrected chi connectivity index (χ4v) is 2.60. The fraction of sp³-hybridized carbons (Fsp3) is 0.400. The maximum absolute atomic E-state index is 12.2. The lowest BCUT2D eigenvalue weighted by molar-refractivity contribution is -0.120. The molecule has 2 heterocycles. The molecule has 1 aromatic heterocycles. The molecule has 0 saturated carbocycles. The highest BCUT2D eigenvalue weighted by atomic mass is 16.1. The van der Waals surface area contributed by atoms with Crippen LogP contribution in [0.4, 0.5) is 5.69 Å². The molecule has 0 aliphatic carbocycles. The molecule has 21 heavy (non-hydrogen) atoms. The summed E-state index contributed by atoms with van der Waals surface area (Å²) in [5, 5.41) is 14.4. The van der Waals surface area contributed by atoms with E-state index in [4.69, 9.17) is 0 Å². The first-order chi connectivity index (χ1) is 10.2. The smallest absolute Gasteiger partial charge is 0.227 e. The highest BCUT2D eigenvalue weighted by molar-refractivity contribution is 5.92. The lowest BCUT2D eigenvalue weighted by atomic mass is 9.92. The summed E-state index contributed by atoms with van der Waals surface area (Å²) in [4.78, 5) is 13.8. The summed E-state index contributed by atoms with van der Waals surface area (Å²) in [6.07, 6.45) is 4.33. The van der Waals surface area contributed by atoms with Crippen molar-refractivity contribution in [2.45, 2.75) is 13.3 Å². The van der Waals surface area contributed by atoms with Gasteiger partial charge in [0.2, 0.25) is 5.91 Å². The van der Waals surface area contributed by atoms with Gasteiger partial charge in [0, 0.05) is 11.6 Å². The maximum atomic E-state index is 12.2. The van der Waals surface area contributed by atoms with E-state index in [2.05, 4.69) is 20.8 Å². The number of rotatable bonds is 4. The van der Waals surface area contributed by atoms with Crippen molar-refractivity contribution in [3.05, 3.63) is 36.7 Å². The summed E-state index contributed by atoms with van der Waals surface area (Å²) < 4.78 is 0. The summed E-state index contributed by atoms with van der Waals surface area (Å²) in [5.74, 6) is 0.527. The molecule has 1 amide bonds. The molecule has 0 bridgehead atoms. The standard InChI is InChI=1S/C15H19N5O/c1-11(12-6-7-16-10-12)15(21)19-13-2-4-14(5-3-13)20-17-8-9-18-20/h2-5,8-9,11-12,16H,6-7,10H2,1H3,(H,19,21). The van der Waals surface area contributed by atoms with Gasteiger partial charge in [0.15, 0.2) is 0 Å². The third kappa shape index (κ3) is 3.11. The molecule has 1 aromatic carbocycles. The third-order valence-electron chi connectivity index (χ3n) is 4.00. The quantitative estimate of drug-likeness (QED) is 0.892. The Labute approximate surface area is 123 Å². The molecule has 6 heteroatoms. The second kappa shape index (κ2) is 6.05. The van der Waals surface area contributed by atoms with Crippen LogP contribution in [0.1, 0.15) is 13.3 Å². The average Bonchev–Trinajstić information content (AvgIpc) is 3.20. The van der Waals surface area contributed by atoms with E-state index < -0.39 is 0 Å². The van der Waals surface area contributed by atoms with Crippen LogP contribution in [0, 0.1) is 11.8 Å². The molecule has 3 rings (SSSR count). The lowest BCUT2D eigenvalue weighted by Crippen LogP contribution is -2.28. The molecule has 2 N–H and O–H groups in total. The van der Waals surface area contributed by atoms with E-state index in [1.807, 2.05) is 31.2 Å². The van der Waals surface area contributed by atoms with Crippen LogP contribution in [0.25, 0.3) is 5.69 Å². The number of hydrogen-bond donors (Lipinski definition) is 2. The molecule has 2 aromatic rings. The Bertz CT molecular complexity index is 587. The minimum Gasteiger partial charge on any atom is -0.326 e. The Morgan fingerprint density at radius 1 is 1.33 bits per heavy atom. The monoisotopic (exact) mass is 285 g/mol. The molecule has 0 spiro atoms. The summed E-state index contributed by atoms with van der Waals surface area (Å²) >= 11 is 0. The molecule has 110 valence electrons. The average molecular weight is 285 g/mol. The Morgan fingerprint density at radius 3 is 2.67 bits per heavy atom. The van der Waals surface area contributed by atoms with E-state index in [1.165, 1.54) is 0 Å². The number of anilines is 1. The molecule has 1 fully saturated rings. The van der Waals surface area contributed by atoms with E-state index in [0.29, 0.717) is 5.92 Å². The second-order valence-electron chi connectivity index (χ2n) is 5.40. The first-order valence-electron chi connectivity index (χ1n) is 7.22. The van der Waals surface area contributed by atoms with Gasteiger partial charge in [-0.3, -0.25) is 4.79 Å². The predicted molar refractivity (Wildman–Crippen MR) is 80.1 cm³/mol. The van der Waals surface area contributed by atoms with E-state index in [0.717, 1.165) is 30.9 Å². The number of benzene rings is 1. The fourth-order valence-electron chi connectivity index (χ4n) is 2.60. The van der Waals surface area contributed by atoms with Gasteiger partial charge in [0.1, 0.15) is 0 Å². The van der Waals surface area contributed by atoms with E-state index in [-0.39, 0.29) is 11.8 Å². The van der Waals surface area contributed by atoms with Crippen molar-refractivity contribution in [1.82, 2.24) is 20.3 Å². The van der Waals surface area contributed by atoms with Gasteiger partial charge in [0.25, 0.3) is 0 Å². The zero-order chi connectivity index (χ0) is 14.7. The SMILES string of the molecule is CC(C(=O)Nc1ccc(-n2nccn2)cc1)C1CCNC1. The number of nitrogens with one attached hydrogen (secondary N) is 2. The van der Waals surface area contributed by atoms with Crippen LogP contribution in [-0.4, -0.2) is 34.0 Å². The summed E-state index contributed by atoms with van der Waals surface area (Å²) in [7, 11) is 0. The first-order valence-corrected chi connectivity index (χ1v) is 7.22. The van der Waals surface area contributed by atoms with Gasteiger partial charge in [-0.1, -0.05) is 6.92 Å². The lowest BCUT2D eigenvalue weighted by Gasteiger charge is -2.17. The van der Waals surface area contributed by atoms with Crippen molar-refractivity contribution in [2.75, 3.05) is 18.4 Å². The van der Waals surface area contributed by atoms with E-state index in [9.17, 15) is 4.79 Å². The van der Waals surface area contributed by atoms with Crippen molar-refractivity contribution in [2.24, 2.45) is 11.8 Å². The topological polar surface area (TPSA) is 71.8 Å². The molecule has 1 aliphatic heterocycles. The van der Waals surface area contributed by atoms with Crippen LogP contribution >= 0.6 is 0 Å².